The molecule has 2 aromatic rings. The van der Waals surface area contributed by atoms with E-state index in [-0.39, 0.29) is 17.1 Å². The fraction of sp³-hybridized carbons (Fsp3) is 0.235. The normalized spacial score (nSPS) is 12.1. The van der Waals surface area contributed by atoms with Crippen LogP contribution < -0.4 is 5.73 Å². The van der Waals surface area contributed by atoms with Gasteiger partial charge in [-0.05, 0) is 42.7 Å². The number of hydrogen-bond donors (Lipinski definition) is 1. The number of nitriles is 1. The molecular weight excluding hydrogens is 349 g/mol. The van der Waals surface area contributed by atoms with Crippen LogP contribution in [0, 0.1) is 25.2 Å². The molecule has 0 atom stereocenters. The molecule has 2 rings (SSSR count). The monoisotopic (exact) mass is 364 g/mol. The Morgan fingerprint density at radius 3 is 2.60 bits per heavy atom. The Morgan fingerprint density at radius 2 is 2.08 bits per heavy atom. The van der Waals surface area contributed by atoms with E-state index >= 15 is 0 Å². The number of alkyl halides is 3. The lowest BCUT2D eigenvalue weighted by atomic mass is 9.97. The Bertz CT molecular complexity index is 888. The minimum Gasteiger partial charge on any atom is -0.389 e. The van der Waals surface area contributed by atoms with Crippen molar-refractivity contribution in [3.8, 4) is 6.07 Å². The smallest absolute Gasteiger partial charge is 0.389 e. The molecule has 130 valence electrons. The van der Waals surface area contributed by atoms with Gasteiger partial charge < -0.3 is 5.73 Å². The summed E-state index contributed by atoms with van der Waals surface area (Å²) in [6.45, 7) is 3.86. The predicted octanol–water partition coefficient (Wildman–Crippen LogP) is 3.76. The third-order valence-corrected chi connectivity index (χ3v) is 3.87. The Kier molecular flexibility index (Phi) is 5.28. The summed E-state index contributed by atoms with van der Waals surface area (Å²) in [6.07, 6.45) is -1.60. The summed E-state index contributed by atoms with van der Waals surface area (Å²) in [5, 5.41) is 12.7. The molecule has 0 unspecified atom stereocenters. The molecule has 0 aliphatic heterocycles. The van der Waals surface area contributed by atoms with Crippen molar-refractivity contribution in [2.75, 3.05) is 0 Å². The third-order valence-electron chi connectivity index (χ3n) is 3.65. The van der Waals surface area contributed by atoms with Crippen molar-refractivity contribution in [2.45, 2.75) is 26.6 Å². The molecular formula is C17H15F3N4S. The first-order valence-electron chi connectivity index (χ1n) is 7.24. The molecule has 8 heteroatoms. The van der Waals surface area contributed by atoms with Crippen molar-refractivity contribution in [3.63, 3.8) is 0 Å². The van der Waals surface area contributed by atoms with Crippen molar-refractivity contribution < 1.29 is 13.2 Å². The van der Waals surface area contributed by atoms with Gasteiger partial charge in [0.05, 0.1) is 12.1 Å². The molecule has 1 aromatic heterocycles. The summed E-state index contributed by atoms with van der Waals surface area (Å²) in [6, 6.07) is 6.60. The number of benzene rings is 1. The summed E-state index contributed by atoms with van der Waals surface area (Å²) >= 11 is 4.83. The molecule has 25 heavy (non-hydrogen) atoms. The fourth-order valence-electron chi connectivity index (χ4n) is 2.37. The second-order valence-corrected chi connectivity index (χ2v) is 6.01. The van der Waals surface area contributed by atoms with E-state index in [1.807, 2.05) is 32.0 Å². The van der Waals surface area contributed by atoms with Gasteiger partial charge in [-0.3, -0.25) is 4.68 Å². The van der Waals surface area contributed by atoms with Crippen LogP contribution in [0.1, 0.15) is 27.9 Å². The maximum Gasteiger partial charge on any atom is 0.435 e. The molecule has 0 saturated carbocycles. The fourth-order valence-corrected chi connectivity index (χ4v) is 2.47. The lowest BCUT2D eigenvalue weighted by Crippen LogP contribution is -2.10. The molecule has 2 N–H and O–H groups in total. The average molecular weight is 364 g/mol. The molecule has 1 heterocycles. The van der Waals surface area contributed by atoms with Crippen molar-refractivity contribution in [1.82, 2.24) is 9.78 Å². The van der Waals surface area contributed by atoms with Crippen LogP contribution in [-0.4, -0.2) is 14.8 Å². The highest BCUT2D eigenvalue weighted by Gasteiger charge is 2.33. The number of hydrogen-bond acceptors (Lipinski definition) is 3. The van der Waals surface area contributed by atoms with Gasteiger partial charge in [-0.2, -0.15) is 23.5 Å². The van der Waals surface area contributed by atoms with Crippen molar-refractivity contribution in [1.29, 1.82) is 5.26 Å². The Balaban J connectivity index is 2.42. The summed E-state index contributed by atoms with van der Waals surface area (Å²) in [4.78, 5) is -0.00755. The first-order chi connectivity index (χ1) is 11.6. The van der Waals surface area contributed by atoms with Gasteiger partial charge in [-0.15, -0.1) is 0 Å². The quantitative estimate of drug-likeness (QED) is 0.510. The van der Waals surface area contributed by atoms with Crippen LogP contribution in [0.2, 0.25) is 0 Å². The van der Waals surface area contributed by atoms with Gasteiger partial charge in [-0.1, -0.05) is 29.9 Å². The number of aryl methyl sites for hydroxylation is 1. The molecule has 4 nitrogen and oxygen atoms in total. The Hall–Kier alpha value is -2.66. The first kappa shape index (κ1) is 18.7. The lowest BCUT2D eigenvalue weighted by Gasteiger charge is -2.12. The Morgan fingerprint density at radius 1 is 1.40 bits per heavy atom. The van der Waals surface area contributed by atoms with Gasteiger partial charge in [0.1, 0.15) is 11.1 Å². The molecule has 0 amide bonds. The van der Waals surface area contributed by atoms with Crippen LogP contribution in [0.4, 0.5) is 13.2 Å². The van der Waals surface area contributed by atoms with Gasteiger partial charge >= 0.3 is 6.18 Å². The highest BCUT2D eigenvalue weighted by atomic mass is 32.1. The second-order valence-electron chi connectivity index (χ2n) is 5.57. The van der Waals surface area contributed by atoms with E-state index in [1.165, 1.54) is 10.9 Å². The van der Waals surface area contributed by atoms with Gasteiger partial charge in [0.2, 0.25) is 0 Å². The second kappa shape index (κ2) is 7.07. The number of halogens is 3. The van der Waals surface area contributed by atoms with E-state index < -0.39 is 11.9 Å². The summed E-state index contributed by atoms with van der Waals surface area (Å²) in [7, 11) is 0. The molecule has 0 radical (unpaired) electrons. The van der Waals surface area contributed by atoms with E-state index in [9.17, 15) is 13.2 Å². The Labute approximate surface area is 148 Å². The molecule has 1 aromatic carbocycles. The molecule has 0 fully saturated rings. The number of nitrogens with two attached hydrogens (primary N) is 1. The van der Waals surface area contributed by atoms with Gasteiger partial charge in [-0.25, -0.2) is 0 Å². The maximum absolute atomic E-state index is 12.7. The van der Waals surface area contributed by atoms with Crippen LogP contribution in [0.15, 0.2) is 30.0 Å². The van der Waals surface area contributed by atoms with Gasteiger partial charge in [0.15, 0.2) is 5.69 Å². The maximum atomic E-state index is 12.7. The standard InChI is InChI=1S/C17H15F3N4S/c1-10-5-12(7-13(8-21)16(22)25)11(2)14(6-10)9-24-4-3-15(23-24)17(18,19)20/h3-7H,9H2,1-2H3,(H2,22,25). The van der Waals surface area contributed by atoms with Crippen molar-refractivity contribution >= 4 is 23.3 Å². The number of aromatic nitrogens is 2. The molecule has 0 aliphatic carbocycles. The van der Waals surface area contributed by atoms with Crippen LogP contribution in [-0.2, 0) is 12.7 Å². The van der Waals surface area contributed by atoms with Crippen LogP contribution in [0.3, 0.4) is 0 Å². The van der Waals surface area contributed by atoms with Crippen molar-refractivity contribution in [2.24, 2.45) is 5.73 Å². The minimum atomic E-state index is -4.47. The zero-order valence-electron chi connectivity index (χ0n) is 13.6. The molecule has 0 spiro atoms. The minimum absolute atomic E-state index is 0.00755. The summed E-state index contributed by atoms with van der Waals surface area (Å²) in [5.74, 6) is 0. The lowest BCUT2D eigenvalue weighted by molar-refractivity contribution is -0.141. The summed E-state index contributed by atoms with van der Waals surface area (Å²) in [5.41, 5.74) is 8.00. The van der Waals surface area contributed by atoms with E-state index in [2.05, 4.69) is 5.10 Å². The zero-order valence-corrected chi connectivity index (χ0v) is 14.4. The van der Waals surface area contributed by atoms with Crippen molar-refractivity contribution in [3.05, 3.63) is 57.9 Å². The van der Waals surface area contributed by atoms with E-state index in [0.29, 0.717) is 0 Å². The van der Waals surface area contributed by atoms with Gasteiger partial charge in [0, 0.05) is 6.20 Å². The largest absolute Gasteiger partial charge is 0.435 e. The van der Waals surface area contributed by atoms with E-state index in [0.717, 1.165) is 28.3 Å². The zero-order chi connectivity index (χ0) is 18.8. The van der Waals surface area contributed by atoms with Crippen LogP contribution in [0.5, 0.6) is 0 Å². The van der Waals surface area contributed by atoms with E-state index in [1.54, 1.807) is 6.08 Å². The highest BCUT2D eigenvalue weighted by molar-refractivity contribution is 7.80. The molecule has 0 aliphatic rings. The predicted molar refractivity (Wildman–Crippen MR) is 92.6 cm³/mol. The van der Waals surface area contributed by atoms with Crippen LogP contribution >= 0.6 is 12.2 Å². The first-order valence-corrected chi connectivity index (χ1v) is 7.65. The van der Waals surface area contributed by atoms with Gasteiger partial charge in [0.25, 0.3) is 0 Å². The van der Waals surface area contributed by atoms with E-state index in [4.69, 9.17) is 23.2 Å². The SMILES string of the molecule is Cc1cc(C=C(C#N)C(N)=S)c(C)c(Cn2ccc(C(F)(F)F)n2)c1. The van der Waals surface area contributed by atoms with Crippen LogP contribution in [0.25, 0.3) is 6.08 Å². The average Bonchev–Trinajstić information content (AvgIpc) is 2.97. The number of rotatable bonds is 4. The number of thiocarbonyl (C=S) groups is 1. The summed E-state index contributed by atoms with van der Waals surface area (Å²) < 4.78 is 39.2. The topological polar surface area (TPSA) is 67.6 Å². The third kappa shape index (κ3) is 4.45. The highest BCUT2D eigenvalue weighted by Crippen LogP contribution is 2.27. The molecule has 0 saturated heterocycles. The molecule has 0 bridgehead atoms. The number of nitrogens with zero attached hydrogens (tertiary/aromatic N) is 3.